The van der Waals surface area contributed by atoms with Crippen LogP contribution in [-0.2, 0) is 4.79 Å². The monoisotopic (exact) mass is 258 g/mol. The van der Waals surface area contributed by atoms with E-state index in [4.69, 9.17) is 5.53 Å². The second-order valence-corrected chi connectivity index (χ2v) is 5.03. The summed E-state index contributed by atoms with van der Waals surface area (Å²) in [7, 11) is 0. The van der Waals surface area contributed by atoms with E-state index < -0.39 is 0 Å². The van der Waals surface area contributed by atoms with Gasteiger partial charge in [0, 0.05) is 10.8 Å². The van der Waals surface area contributed by atoms with Gasteiger partial charge in [-0.1, -0.05) is 36.0 Å². The van der Waals surface area contributed by atoms with Crippen LogP contribution < -0.4 is 5.32 Å². The highest BCUT2D eigenvalue weighted by Crippen LogP contribution is 2.29. The molecular weight excluding hydrogens is 240 g/mol. The lowest BCUT2D eigenvalue weighted by molar-refractivity contribution is -0.120. The van der Waals surface area contributed by atoms with E-state index in [-0.39, 0.29) is 11.8 Å². The Labute approximate surface area is 112 Å². The molecule has 0 spiro atoms. The van der Waals surface area contributed by atoms with Gasteiger partial charge in [0.15, 0.2) is 0 Å². The number of azide groups is 1. The predicted octanol–water partition coefficient (Wildman–Crippen LogP) is 4.46. The Morgan fingerprint density at radius 1 is 1.37 bits per heavy atom. The molecule has 1 fully saturated rings. The molecule has 5 nitrogen and oxygen atoms in total. The maximum atomic E-state index is 12.2. The molecule has 0 unspecified atom stereocenters. The van der Waals surface area contributed by atoms with Crippen LogP contribution in [0.2, 0.25) is 0 Å². The van der Waals surface area contributed by atoms with E-state index in [0.29, 0.717) is 11.4 Å². The lowest BCUT2D eigenvalue weighted by atomic mass is 9.88. The minimum Gasteiger partial charge on any atom is -0.325 e. The maximum Gasteiger partial charge on any atom is 0.227 e. The average Bonchev–Trinajstić information content (AvgIpc) is 2.43. The number of benzene rings is 1. The third-order valence-corrected chi connectivity index (χ3v) is 3.54. The van der Waals surface area contributed by atoms with Crippen LogP contribution in [0, 0.1) is 12.8 Å². The van der Waals surface area contributed by atoms with Gasteiger partial charge in [0.05, 0.1) is 11.4 Å². The fourth-order valence-electron chi connectivity index (χ4n) is 2.48. The van der Waals surface area contributed by atoms with Crippen LogP contribution in [0.4, 0.5) is 11.4 Å². The number of anilines is 1. The molecule has 2 rings (SSSR count). The zero-order valence-corrected chi connectivity index (χ0v) is 11.1. The van der Waals surface area contributed by atoms with Gasteiger partial charge in [-0.2, -0.15) is 0 Å². The largest absolute Gasteiger partial charge is 0.325 e. The summed E-state index contributed by atoms with van der Waals surface area (Å²) in [6.07, 6.45) is 5.37. The van der Waals surface area contributed by atoms with E-state index in [1.165, 1.54) is 6.42 Å². The normalized spacial score (nSPS) is 15.6. The van der Waals surface area contributed by atoms with E-state index in [2.05, 4.69) is 15.3 Å². The first-order valence-corrected chi connectivity index (χ1v) is 6.67. The van der Waals surface area contributed by atoms with Crippen molar-refractivity contribution in [2.45, 2.75) is 39.0 Å². The van der Waals surface area contributed by atoms with Crippen molar-refractivity contribution >= 4 is 17.3 Å². The van der Waals surface area contributed by atoms with E-state index >= 15 is 0 Å². The maximum absolute atomic E-state index is 12.2. The third kappa shape index (κ3) is 3.48. The van der Waals surface area contributed by atoms with Gasteiger partial charge < -0.3 is 5.32 Å². The lowest BCUT2D eigenvalue weighted by Gasteiger charge is -2.21. The molecule has 0 aliphatic heterocycles. The molecule has 1 N–H and O–H groups in total. The predicted molar refractivity (Wildman–Crippen MR) is 75.2 cm³/mol. The number of aryl methyl sites for hydroxylation is 1. The summed E-state index contributed by atoms with van der Waals surface area (Å²) in [5.74, 6) is 0.131. The summed E-state index contributed by atoms with van der Waals surface area (Å²) < 4.78 is 0. The fraction of sp³-hybridized carbons (Fsp3) is 0.500. The molecule has 0 radical (unpaired) electrons. The zero-order valence-electron chi connectivity index (χ0n) is 11.1. The summed E-state index contributed by atoms with van der Waals surface area (Å²) in [5.41, 5.74) is 10.6. The highest BCUT2D eigenvalue weighted by atomic mass is 16.1. The summed E-state index contributed by atoms with van der Waals surface area (Å²) in [6, 6.07) is 5.46. The number of nitrogens with one attached hydrogen (secondary N) is 1. The number of hydrogen-bond acceptors (Lipinski definition) is 2. The van der Waals surface area contributed by atoms with Crippen LogP contribution in [0.15, 0.2) is 23.3 Å². The Kier molecular flexibility index (Phi) is 4.42. The van der Waals surface area contributed by atoms with Crippen LogP contribution in [0.25, 0.3) is 10.4 Å². The molecular formula is C14H18N4O. The first kappa shape index (κ1) is 13.4. The molecule has 1 aliphatic carbocycles. The molecule has 100 valence electrons. The zero-order chi connectivity index (χ0) is 13.7. The Bertz CT molecular complexity index is 514. The van der Waals surface area contributed by atoms with Crippen molar-refractivity contribution in [2.24, 2.45) is 11.0 Å². The molecule has 0 atom stereocenters. The summed E-state index contributed by atoms with van der Waals surface area (Å²) in [6.45, 7) is 1.92. The number of amides is 1. The van der Waals surface area contributed by atoms with Crippen LogP contribution in [0.1, 0.15) is 37.7 Å². The van der Waals surface area contributed by atoms with Gasteiger partial charge in [0.25, 0.3) is 0 Å². The van der Waals surface area contributed by atoms with Gasteiger partial charge >= 0.3 is 0 Å². The van der Waals surface area contributed by atoms with Crippen molar-refractivity contribution in [3.8, 4) is 0 Å². The molecule has 1 aromatic carbocycles. The van der Waals surface area contributed by atoms with Crippen molar-refractivity contribution < 1.29 is 4.79 Å². The second-order valence-electron chi connectivity index (χ2n) is 5.03. The molecule has 1 aliphatic rings. The number of rotatable bonds is 3. The summed E-state index contributed by atoms with van der Waals surface area (Å²) in [5, 5.41) is 6.52. The summed E-state index contributed by atoms with van der Waals surface area (Å²) in [4.78, 5) is 15.0. The van der Waals surface area contributed by atoms with Crippen LogP contribution in [0.5, 0.6) is 0 Å². The summed E-state index contributed by atoms with van der Waals surface area (Å²) >= 11 is 0. The first-order chi connectivity index (χ1) is 9.20. The highest BCUT2D eigenvalue weighted by molar-refractivity contribution is 5.95. The van der Waals surface area contributed by atoms with E-state index in [1.54, 1.807) is 12.1 Å². The molecule has 5 heteroatoms. The van der Waals surface area contributed by atoms with Crippen LogP contribution in [-0.4, -0.2) is 5.91 Å². The highest BCUT2D eigenvalue weighted by Gasteiger charge is 2.21. The van der Waals surface area contributed by atoms with Crippen LogP contribution in [0.3, 0.4) is 0 Å². The van der Waals surface area contributed by atoms with Crippen LogP contribution >= 0.6 is 0 Å². The van der Waals surface area contributed by atoms with Crippen molar-refractivity contribution in [1.82, 2.24) is 0 Å². The number of carbonyl (C=O) groups excluding carboxylic acids is 1. The van der Waals surface area contributed by atoms with E-state index in [1.807, 2.05) is 13.0 Å². The first-order valence-electron chi connectivity index (χ1n) is 6.67. The smallest absolute Gasteiger partial charge is 0.227 e. The molecule has 1 amide bonds. The SMILES string of the molecule is Cc1ccc(NC(=O)C2CCCCC2)c(N=[N+]=[N-])c1. The third-order valence-electron chi connectivity index (χ3n) is 3.54. The standard InChI is InChI=1S/C14H18N4O/c1-10-7-8-12(13(9-10)17-18-15)16-14(19)11-5-3-2-4-6-11/h7-9,11H,2-6H2,1H3,(H,16,19). The van der Waals surface area contributed by atoms with Crippen molar-refractivity contribution in [3.63, 3.8) is 0 Å². The molecule has 0 heterocycles. The molecule has 19 heavy (non-hydrogen) atoms. The average molecular weight is 258 g/mol. The quantitative estimate of drug-likeness (QED) is 0.485. The lowest BCUT2D eigenvalue weighted by Crippen LogP contribution is -2.24. The van der Waals surface area contributed by atoms with Gasteiger partial charge in [-0.25, -0.2) is 0 Å². The Balaban J connectivity index is 2.13. The second kappa shape index (κ2) is 6.25. The van der Waals surface area contributed by atoms with Gasteiger partial charge in [0.1, 0.15) is 0 Å². The number of nitrogens with zero attached hydrogens (tertiary/aromatic N) is 3. The van der Waals surface area contributed by atoms with Gasteiger partial charge in [0.2, 0.25) is 5.91 Å². The Hall–Kier alpha value is -2.00. The van der Waals surface area contributed by atoms with Crippen molar-refractivity contribution in [2.75, 3.05) is 5.32 Å². The number of carbonyl (C=O) groups is 1. The minimum absolute atomic E-state index is 0.0398. The Morgan fingerprint density at radius 2 is 2.11 bits per heavy atom. The fourth-order valence-corrected chi connectivity index (χ4v) is 2.48. The number of hydrogen-bond donors (Lipinski definition) is 1. The topological polar surface area (TPSA) is 77.9 Å². The minimum atomic E-state index is 0.0398. The molecule has 0 saturated heterocycles. The molecule has 0 bridgehead atoms. The van der Waals surface area contributed by atoms with Crippen molar-refractivity contribution in [1.29, 1.82) is 0 Å². The molecule has 0 aromatic heterocycles. The molecule has 1 aromatic rings. The van der Waals surface area contributed by atoms with E-state index in [9.17, 15) is 4.79 Å². The Morgan fingerprint density at radius 3 is 2.79 bits per heavy atom. The van der Waals surface area contributed by atoms with Gasteiger partial charge in [-0.15, -0.1) is 0 Å². The molecule has 1 saturated carbocycles. The van der Waals surface area contributed by atoms with E-state index in [0.717, 1.165) is 31.2 Å². The van der Waals surface area contributed by atoms with Gasteiger partial charge in [-0.3, -0.25) is 4.79 Å². The van der Waals surface area contributed by atoms with Gasteiger partial charge in [-0.05, 0) is 37.4 Å². The van der Waals surface area contributed by atoms with Crippen molar-refractivity contribution in [3.05, 3.63) is 34.2 Å².